The molecule has 0 bridgehead atoms. The third-order valence-corrected chi connectivity index (χ3v) is 10.2. The molecule has 0 amide bonds. The van der Waals surface area contributed by atoms with Crippen LogP contribution in [0.4, 0.5) is 0 Å². The molecule has 4 rings (SSSR count). The Bertz CT molecular complexity index is 1370. The molecule has 1 heterocycles. The monoisotopic (exact) mass is 600 g/mol. The molecule has 0 aliphatic carbocycles. The second kappa shape index (κ2) is 16.8. The van der Waals surface area contributed by atoms with Gasteiger partial charge in [-0.15, -0.1) is 0 Å². The van der Waals surface area contributed by atoms with Crippen LogP contribution in [0.5, 0.6) is 5.75 Å². The maximum Gasteiger partial charge on any atom is 0.303 e. The van der Waals surface area contributed by atoms with Gasteiger partial charge < -0.3 is 9.84 Å². The van der Waals surface area contributed by atoms with E-state index in [2.05, 4.69) is 0 Å². The minimum atomic E-state index is -0.733. The van der Waals surface area contributed by atoms with Crippen molar-refractivity contribution in [2.75, 3.05) is 12.4 Å². The SMILES string of the molecule is O=Cc1ccc(C=Cc2ccc(C=Cc3ccc(C=O)cc3)c(OCCCC(CCC3CCSS3)CC(=O)O)c2)cc1. The molecular formula is C35H36O5S2. The average molecular weight is 601 g/mol. The first-order chi connectivity index (χ1) is 20.5. The molecule has 0 aromatic heterocycles. The topological polar surface area (TPSA) is 80.7 Å². The second-order valence-corrected chi connectivity index (χ2v) is 13.2. The summed E-state index contributed by atoms with van der Waals surface area (Å²) in [6, 6.07) is 20.8. The second-order valence-electron chi connectivity index (χ2n) is 10.4. The van der Waals surface area contributed by atoms with Crippen molar-refractivity contribution in [3.63, 3.8) is 0 Å². The highest BCUT2D eigenvalue weighted by molar-refractivity contribution is 8.77. The van der Waals surface area contributed by atoms with Crippen molar-refractivity contribution in [2.24, 2.45) is 5.92 Å². The Morgan fingerprint density at radius 2 is 1.43 bits per heavy atom. The van der Waals surface area contributed by atoms with E-state index in [4.69, 9.17) is 4.74 Å². The standard InChI is InChI=1S/C35H36O5S2/c36-24-30-9-4-26(5-10-30)3-8-29-14-17-32(16-13-27-6-11-31(25-37)12-7-27)34(22-29)40-20-1-2-28(23-35(38)39)15-18-33-19-21-41-42-33/h3-14,16-17,22,24-25,28,33H,1-2,15,18-21,23H2,(H,38,39). The van der Waals surface area contributed by atoms with E-state index >= 15 is 0 Å². The molecule has 0 spiro atoms. The first kappa shape index (κ1) is 31.4. The fourth-order valence-electron chi connectivity index (χ4n) is 4.80. The molecule has 1 fully saturated rings. The molecule has 0 saturated carbocycles. The summed E-state index contributed by atoms with van der Waals surface area (Å²) in [6.45, 7) is 0.499. The van der Waals surface area contributed by atoms with Gasteiger partial charge in [-0.1, -0.05) is 107 Å². The van der Waals surface area contributed by atoms with Crippen molar-refractivity contribution >= 4 is 64.4 Å². The van der Waals surface area contributed by atoms with Gasteiger partial charge in [-0.2, -0.15) is 0 Å². The van der Waals surface area contributed by atoms with E-state index in [1.807, 2.05) is 88.4 Å². The molecule has 2 unspecified atom stereocenters. The lowest BCUT2D eigenvalue weighted by molar-refractivity contribution is -0.138. The molecule has 218 valence electrons. The minimum absolute atomic E-state index is 0.158. The molecule has 1 aliphatic heterocycles. The number of carboxylic acids is 1. The Labute approximate surface area is 255 Å². The van der Waals surface area contributed by atoms with Gasteiger partial charge in [0.05, 0.1) is 6.61 Å². The number of aliphatic carboxylic acids is 1. The fraction of sp³-hybridized carbons (Fsp3) is 0.286. The lowest BCUT2D eigenvalue weighted by Crippen LogP contribution is -2.12. The van der Waals surface area contributed by atoms with E-state index in [1.165, 1.54) is 12.2 Å². The van der Waals surface area contributed by atoms with Gasteiger partial charge in [0, 0.05) is 34.1 Å². The molecule has 1 aliphatic rings. The maximum absolute atomic E-state index is 11.5. The van der Waals surface area contributed by atoms with E-state index in [1.54, 1.807) is 24.3 Å². The molecule has 5 nitrogen and oxygen atoms in total. The van der Waals surface area contributed by atoms with Gasteiger partial charge in [-0.3, -0.25) is 14.4 Å². The average Bonchev–Trinajstić information content (AvgIpc) is 3.54. The summed E-state index contributed by atoms with van der Waals surface area (Å²) in [5, 5.41) is 10.1. The predicted octanol–water partition coefficient (Wildman–Crippen LogP) is 8.84. The zero-order chi connectivity index (χ0) is 29.6. The van der Waals surface area contributed by atoms with Crippen LogP contribution in [0.25, 0.3) is 24.3 Å². The Hall–Kier alpha value is -3.55. The van der Waals surface area contributed by atoms with Crippen LogP contribution in [0, 0.1) is 5.92 Å². The number of ether oxygens (including phenoxy) is 1. The summed E-state index contributed by atoms with van der Waals surface area (Å²) in [5.41, 5.74) is 5.15. The van der Waals surface area contributed by atoms with Crippen LogP contribution in [-0.2, 0) is 4.79 Å². The maximum atomic E-state index is 11.5. The third kappa shape index (κ3) is 10.4. The molecule has 3 aromatic carbocycles. The van der Waals surface area contributed by atoms with Crippen LogP contribution < -0.4 is 4.74 Å². The smallest absolute Gasteiger partial charge is 0.303 e. The molecule has 0 radical (unpaired) electrons. The highest BCUT2D eigenvalue weighted by atomic mass is 33.1. The number of benzene rings is 3. The van der Waals surface area contributed by atoms with Crippen molar-refractivity contribution in [1.82, 2.24) is 0 Å². The number of hydrogen-bond donors (Lipinski definition) is 1. The summed E-state index contributed by atoms with van der Waals surface area (Å²) in [4.78, 5) is 33.4. The lowest BCUT2D eigenvalue weighted by Gasteiger charge is -2.17. The largest absolute Gasteiger partial charge is 0.493 e. The zero-order valence-electron chi connectivity index (χ0n) is 23.5. The molecule has 1 saturated heterocycles. The van der Waals surface area contributed by atoms with Crippen molar-refractivity contribution in [3.05, 3.63) is 100 Å². The van der Waals surface area contributed by atoms with Crippen LogP contribution in [0.3, 0.4) is 0 Å². The van der Waals surface area contributed by atoms with E-state index in [9.17, 15) is 19.5 Å². The first-order valence-electron chi connectivity index (χ1n) is 14.3. The van der Waals surface area contributed by atoms with Crippen LogP contribution in [0.2, 0.25) is 0 Å². The number of hydrogen-bond acceptors (Lipinski definition) is 6. The number of carboxylic acid groups (broad SMARTS) is 1. The van der Waals surface area contributed by atoms with Crippen molar-refractivity contribution in [2.45, 2.75) is 43.8 Å². The normalized spacial score (nSPS) is 15.7. The Morgan fingerprint density at radius 1 is 0.833 bits per heavy atom. The fourth-order valence-corrected chi connectivity index (χ4v) is 7.80. The Morgan fingerprint density at radius 3 is 2.02 bits per heavy atom. The van der Waals surface area contributed by atoms with Gasteiger partial charge in [0.25, 0.3) is 0 Å². The minimum Gasteiger partial charge on any atom is -0.493 e. The van der Waals surface area contributed by atoms with Gasteiger partial charge in [-0.25, -0.2) is 0 Å². The van der Waals surface area contributed by atoms with Crippen LogP contribution in [-0.4, -0.2) is 41.3 Å². The highest BCUT2D eigenvalue weighted by Gasteiger charge is 2.20. The number of rotatable bonds is 16. The number of carbonyl (C=O) groups is 3. The molecule has 3 aromatic rings. The summed E-state index contributed by atoms with van der Waals surface area (Å²) in [5.74, 6) is 1.37. The van der Waals surface area contributed by atoms with Gasteiger partial charge in [-0.05, 0) is 60.8 Å². The quantitative estimate of drug-likeness (QED) is 0.0761. The van der Waals surface area contributed by atoms with Crippen LogP contribution in [0.15, 0.2) is 66.7 Å². The highest BCUT2D eigenvalue weighted by Crippen LogP contribution is 2.40. The van der Waals surface area contributed by atoms with E-state index in [0.717, 1.165) is 66.3 Å². The van der Waals surface area contributed by atoms with Crippen molar-refractivity contribution < 1.29 is 24.2 Å². The predicted molar refractivity (Wildman–Crippen MR) is 176 cm³/mol. The van der Waals surface area contributed by atoms with Gasteiger partial charge in [0.2, 0.25) is 0 Å². The van der Waals surface area contributed by atoms with Crippen LogP contribution in [0.1, 0.15) is 81.5 Å². The zero-order valence-corrected chi connectivity index (χ0v) is 25.2. The van der Waals surface area contributed by atoms with Gasteiger partial charge >= 0.3 is 5.97 Å². The third-order valence-electron chi connectivity index (χ3n) is 7.21. The first-order valence-corrected chi connectivity index (χ1v) is 16.6. The van der Waals surface area contributed by atoms with E-state index in [-0.39, 0.29) is 12.3 Å². The summed E-state index contributed by atoms with van der Waals surface area (Å²) in [6.07, 6.45) is 14.7. The van der Waals surface area contributed by atoms with Crippen molar-refractivity contribution in [3.8, 4) is 5.75 Å². The Kier molecular flexibility index (Phi) is 12.5. The molecule has 7 heteroatoms. The molecule has 1 N–H and O–H groups in total. The lowest BCUT2D eigenvalue weighted by atomic mass is 9.93. The van der Waals surface area contributed by atoms with Crippen LogP contribution >= 0.6 is 21.6 Å². The molecule has 2 atom stereocenters. The van der Waals surface area contributed by atoms with Gasteiger partial charge in [0.15, 0.2) is 0 Å². The summed E-state index contributed by atoms with van der Waals surface area (Å²) in [7, 11) is 3.86. The van der Waals surface area contributed by atoms with E-state index in [0.29, 0.717) is 23.0 Å². The van der Waals surface area contributed by atoms with E-state index < -0.39 is 5.97 Å². The number of aldehydes is 2. The molecular weight excluding hydrogens is 565 g/mol. The summed E-state index contributed by atoms with van der Waals surface area (Å²) < 4.78 is 6.29. The van der Waals surface area contributed by atoms with Gasteiger partial charge in [0.1, 0.15) is 18.3 Å². The summed E-state index contributed by atoms with van der Waals surface area (Å²) >= 11 is 0. The van der Waals surface area contributed by atoms with Crippen molar-refractivity contribution in [1.29, 1.82) is 0 Å². The molecule has 42 heavy (non-hydrogen) atoms. The Balaban J connectivity index is 1.43. The number of carbonyl (C=O) groups excluding carboxylic acids is 2.